The lowest BCUT2D eigenvalue weighted by atomic mass is 9.85. The van der Waals surface area contributed by atoms with Crippen molar-refractivity contribution >= 4 is 6.03 Å². The van der Waals surface area contributed by atoms with Gasteiger partial charge in [0.25, 0.3) is 0 Å². The molecule has 0 aliphatic heterocycles. The third-order valence-electron chi connectivity index (χ3n) is 4.21. The van der Waals surface area contributed by atoms with E-state index in [-0.39, 0.29) is 23.8 Å². The SMILES string of the molecule is CC(C)(CNC(=O)NCC(C)(O)c1ccc(F)cc1)c1ccncc1. The van der Waals surface area contributed by atoms with Crippen LogP contribution in [0.15, 0.2) is 48.8 Å². The first-order chi connectivity index (χ1) is 11.7. The minimum absolute atomic E-state index is 0.0140. The number of hydrogen-bond donors (Lipinski definition) is 3. The van der Waals surface area contributed by atoms with Gasteiger partial charge in [0.2, 0.25) is 0 Å². The van der Waals surface area contributed by atoms with E-state index in [0.29, 0.717) is 12.1 Å². The van der Waals surface area contributed by atoms with E-state index in [1.165, 1.54) is 24.3 Å². The maximum atomic E-state index is 13.0. The van der Waals surface area contributed by atoms with E-state index in [1.807, 2.05) is 26.0 Å². The van der Waals surface area contributed by atoms with Crippen LogP contribution < -0.4 is 10.6 Å². The monoisotopic (exact) mass is 345 g/mol. The van der Waals surface area contributed by atoms with Gasteiger partial charge in [-0.05, 0) is 42.3 Å². The van der Waals surface area contributed by atoms with Gasteiger partial charge in [0.05, 0.1) is 6.54 Å². The lowest BCUT2D eigenvalue weighted by molar-refractivity contribution is 0.0593. The quantitative estimate of drug-likeness (QED) is 0.754. The molecular weight excluding hydrogens is 321 g/mol. The molecule has 2 rings (SSSR count). The molecule has 1 unspecified atom stereocenters. The van der Waals surface area contributed by atoms with Crippen molar-refractivity contribution in [3.63, 3.8) is 0 Å². The molecule has 0 aliphatic rings. The Hall–Kier alpha value is -2.47. The molecule has 0 saturated carbocycles. The number of amides is 2. The van der Waals surface area contributed by atoms with Gasteiger partial charge in [0.1, 0.15) is 11.4 Å². The number of halogens is 1. The van der Waals surface area contributed by atoms with Crippen LogP contribution in [0.5, 0.6) is 0 Å². The number of nitrogens with one attached hydrogen (secondary N) is 2. The van der Waals surface area contributed by atoms with Gasteiger partial charge < -0.3 is 15.7 Å². The van der Waals surface area contributed by atoms with Crippen LogP contribution >= 0.6 is 0 Å². The van der Waals surface area contributed by atoms with Gasteiger partial charge in [-0.3, -0.25) is 4.98 Å². The van der Waals surface area contributed by atoms with Crippen LogP contribution in [0.3, 0.4) is 0 Å². The lowest BCUT2D eigenvalue weighted by Crippen LogP contribution is -2.46. The van der Waals surface area contributed by atoms with Crippen molar-refractivity contribution in [2.24, 2.45) is 0 Å². The summed E-state index contributed by atoms with van der Waals surface area (Å²) in [4.78, 5) is 16.0. The number of hydrogen-bond acceptors (Lipinski definition) is 3. The first kappa shape index (κ1) is 18.9. The van der Waals surface area contributed by atoms with Crippen LogP contribution in [0, 0.1) is 5.82 Å². The molecule has 0 aliphatic carbocycles. The van der Waals surface area contributed by atoms with Crippen LogP contribution in [0.1, 0.15) is 31.9 Å². The second-order valence-electron chi connectivity index (χ2n) is 6.94. The first-order valence-corrected chi connectivity index (χ1v) is 8.11. The predicted octanol–water partition coefficient (Wildman–Crippen LogP) is 2.71. The Morgan fingerprint density at radius 2 is 1.56 bits per heavy atom. The van der Waals surface area contributed by atoms with Crippen LogP contribution in [0.2, 0.25) is 0 Å². The largest absolute Gasteiger partial charge is 0.384 e. The fraction of sp³-hybridized carbons (Fsp3) is 0.368. The molecule has 0 bridgehead atoms. The minimum Gasteiger partial charge on any atom is -0.384 e. The van der Waals surface area contributed by atoms with Gasteiger partial charge in [-0.1, -0.05) is 26.0 Å². The van der Waals surface area contributed by atoms with Crippen LogP contribution in [-0.4, -0.2) is 29.2 Å². The standard InChI is InChI=1S/C19H24FN3O2/c1-18(2,14-8-10-21-11-9-14)12-22-17(24)23-13-19(3,25)15-4-6-16(20)7-5-15/h4-11,25H,12-13H2,1-3H3,(H2,22,23,24). The first-order valence-electron chi connectivity index (χ1n) is 8.11. The summed E-state index contributed by atoms with van der Waals surface area (Å²) in [5, 5.41) is 15.9. The molecule has 134 valence electrons. The van der Waals surface area contributed by atoms with Crippen molar-refractivity contribution in [2.75, 3.05) is 13.1 Å². The van der Waals surface area contributed by atoms with Crippen molar-refractivity contribution in [3.8, 4) is 0 Å². The van der Waals surface area contributed by atoms with Gasteiger partial charge in [-0.2, -0.15) is 0 Å². The molecule has 1 atom stereocenters. The molecule has 3 N–H and O–H groups in total. The average molecular weight is 345 g/mol. The zero-order valence-corrected chi connectivity index (χ0v) is 14.7. The summed E-state index contributed by atoms with van der Waals surface area (Å²) in [5.74, 6) is -0.372. The van der Waals surface area contributed by atoms with E-state index in [4.69, 9.17) is 0 Å². The fourth-order valence-electron chi connectivity index (χ4n) is 2.43. The third kappa shape index (κ3) is 5.26. The number of aliphatic hydroxyl groups is 1. The average Bonchev–Trinajstić information content (AvgIpc) is 2.59. The van der Waals surface area contributed by atoms with Gasteiger partial charge in [0, 0.05) is 24.4 Å². The molecular formula is C19H24FN3O2. The molecule has 0 radical (unpaired) electrons. The number of pyridine rings is 1. The van der Waals surface area contributed by atoms with Crippen molar-refractivity contribution < 1.29 is 14.3 Å². The lowest BCUT2D eigenvalue weighted by Gasteiger charge is -2.27. The molecule has 0 spiro atoms. The number of benzene rings is 1. The Labute approximate surface area is 147 Å². The number of nitrogens with zero attached hydrogens (tertiary/aromatic N) is 1. The Morgan fingerprint density at radius 3 is 2.16 bits per heavy atom. The maximum Gasteiger partial charge on any atom is 0.314 e. The van der Waals surface area contributed by atoms with Crippen molar-refractivity contribution in [1.29, 1.82) is 0 Å². The second kappa shape index (κ2) is 7.61. The molecule has 1 heterocycles. The van der Waals surface area contributed by atoms with Crippen molar-refractivity contribution in [1.82, 2.24) is 15.6 Å². The second-order valence-corrected chi connectivity index (χ2v) is 6.94. The zero-order chi connectivity index (χ0) is 18.5. The molecule has 0 saturated heterocycles. The van der Waals surface area contributed by atoms with E-state index in [1.54, 1.807) is 19.3 Å². The van der Waals surface area contributed by atoms with E-state index in [9.17, 15) is 14.3 Å². The van der Waals surface area contributed by atoms with Gasteiger partial charge >= 0.3 is 6.03 Å². The summed E-state index contributed by atoms with van der Waals surface area (Å²) in [7, 11) is 0. The predicted molar refractivity (Wildman–Crippen MR) is 94.6 cm³/mol. The third-order valence-corrected chi connectivity index (χ3v) is 4.21. The normalized spacial score (nSPS) is 13.8. The summed E-state index contributed by atoms with van der Waals surface area (Å²) in [6.45, 7) is 6.07. The van der Waals surface area contributed by atoms with E-state index in [0.717, 1.165) is 5.56 Å². The summed E-state index contributed by atoms with van der Waals surface area (Å²) < 4.78 is 13.0. The van der Waals surface area contributed by atoms with Gasteiger partial charge in [0.15, 0.2) is 0 Å². The Bertz CT molecular complexity index is 700. The van der Waals surface area contributed by atoms with Crippen molar-refractivity contribution in [3.05, 3.63) is 65.7 Å². The van der Waals surface area contributed by atoms with Crippen LogP contribution in [0.25, 0.3) is 0 Å². The molecule has 25 heavy (non-hydrogen) atoms. The van der Waals surface area contributed by atoms with Gasteiger partial charge in [-0.25, -0.2) is 9.18 Å². The smallest absolute Gasteiger partial charge is 0.314 e. The Balaban J connectivity index is 1.87. The molecule has 5 nitrogen and oxygen atoms in total. The molecule has 2 amide bonds. The highest BCUT2D eigenvalue weighted by Crippen LogP contribution is 2.21. The number of urea groups is 1. The summed E-state index contributed by atoms with van der Waals surface area (Å²) in [6, 6.07) is 9.02. The summed E-state index contributed by atoms with van der Waals surface area (Å²) in [6.07, 6.45) is 3.44. The fourth-order valence-corrected chi connectivity index (χ4v) is 2.43. The zero-order valence-electron chi connectivity index (χ0n) is 14.7. The summed E-state index contributed by atoms with van der Waals surface area (Å²) >= 11 is 0. The topological polar surface area (TPSA) is 74.2 Å². The molecule has 6 heteroatoms. The summed E-state index contributed by atoms with van der Waals surface area (Å²) in [5.41, 5.74) is 0.0678. The molecule has 1 aromatic carbocycles. The highest BCUT2D eigenvalue weighted by atomic mass is 19.1. The minimum atomic E-state index is -1.29. The molecule has 0 fully saturated rings. The Kier molecular flexibility index (Phi) is 5.74. The van der Waals surface area contributed by atoms with Crippen LogP contribution in [0.4, 0.5) is 9.18 Å². The maximum absolute atomic E-state index is 13.0. The highest BCUT2D eigenvalue weighted by Gasteiger charge is 2.25. The number of rotatable bonds is 6. The van der Waals surface area contributed by atoms with Gasteiger partial charge in [-0.15, -0.1) is 0 Å². The van der Waals surface area contributed by atoms with E-state index in [2.05, 4.69) is 15.6 Å². The number of carbonyl (C=O) groups is 1. The van der Waals surface area contributed by atoms with Crippen molar-refractivity contribution in [2.45, 2.75) is 31.8 Å². The number of aromatic nitrogens is 1. The molecule has 2 aromatic rings. The van der Waals surface area contributed by atoms with E-state index < -0.39 is 5.60 Å². The number of carbonyl (C=O) groups excluding carboxylic acids is 1. The van der Waals surface area contributed by atoms with Crippen LogP contribution in [-0.2, 0) is 11.0 Å². The highest BCUT2D eigenvalue weighted by molar-refractivity contribution is 5.74. The Morgan fingerprint density at radius 1 is 1.00 bits per heavy atom. The van der Waals surface area contributed by atoms with E-state index >= 15 is 0 Å². The molecule has 1 aromatic heterocycles.